The van der Waals surface area contributed by atoms with Gasteiger partial charge in [-0.25, -0.2) is 0 Å². The molecule has 9 heteroatoms. The molecule has 0 saturated carbocycles. The van der Waals surface area contributed by atoms with Gasteiger partial charge in [0, 0.05) is 0 Å². The molecule has 4 aromatic rings. The highest BCUT2D eigenvalue weighted by molar-refractivity contribution is 6.70. The second kappa shape index (κ2) is 8.25. The van der Waals surface area contributed by atoms with Gasteiger partial charge in [0.05, 0.1) is 0 Å². The number of benzene rings is 4. The highest BCUT2D eigenvalue weighted by Crippen LogP contribution is 2.28. The Balaban J connectivity index is 2.11. The summed E-state index contributed by atoms with van der Waals surface area (Å²) in [5.41, 5.74) is 4.25. The fraction of sp³-hybridized carbons (Fsp3) is 0.0435. The summed E-state index contributed by atoms with van der Waals surface area (Å²) >= 11 is 0. The molecule has 0 bridgehead atoms. The number of hydrogen-bond donors (Lipinski definition) is 0. The van der Waals surface area contributed by atoms with Gasteiger partial charge in [0.15, 0.2) is 0 Å². The van der Waals surface area contributed by atoms with Gasteiger partial charge in [0.2, 0.25) is 0 Å². The fourth-order valence-electron chi connectivity index (χ4n) is 4.18. The summed E-state index contributed by atoms with van der Waals surface area (Å²) in [6, 6.07) is 11.9. The molecule has 32 heavy (non-hydrogen) atoms. The van der Waals surface area contributed by atoms with E-state index < -0.39 is 0 Å². The molecule has 0 fully saturated rings. The van der Waals surface area contributed by atoms with E-state index in [1.807, 2.05) is 43.3 Å². The van der Waals surface area contributed by atoms with Gasteiger partial charge in [0.1, 0.15) is 70.6 Å². The lowest BCUT2D eigenvalue weighted by atomic mass is 9.56. The largest absolute Gasteiger partial charge is 0.113 e. The van der Waals surface area contributed by atoms with E-state index in [1.54, 1.807) is 0 Å². The van der Waals surface area contributed by atoms with Crippen LogP contribution in [0.5, 0.6) is 0 Å². The van der Waals surface area contributed by atoms with Crippen molar-refractivity contribution in [2.45, 2.75) is 6.92 Å². The van der Waals surface area contributed by atoms with Crippen molar-refractivity contribution in [3.63, 3.8) is 0 Å². The van der Waals surface area contributed by atoms with Gasteiger partial charge in [0.25, 0.3) is 0 Å². The van der Waals surface area contributed by atoms with Crippen LogP contribution in [0, 0.1) is 6.92 Å². The molecule has 0 aliphatic heterocycles. The minimum absolute atomic E-state index is 0.0799. The minimum Gasteiger partial charge on any atom is -0.112 e. The molecular weight excluding hydrogens is 374 g/mol. The molecule has 0 amide bonds. The molecule has 4 rings (SSSR count). The standard InChI is InChI=1S/C23H9B9/c1-8-6-7-11(10-5-3-2-4-9(8)10)12-15(24)17(26)13(18(27)16(12)25)14-19(28)21(30)23(32)22(31)20(14)29/h2-7H,1H3. The van der Waals surface area contributed by atoms with E-state index in [9.17, 15) is 0 Å². The number of rotatable bonds is 2. The fourth-order valence-corrected chi connectivity index (χ4v) is 4.18. The van der Waals surface area contributed by atoms with Crippen molar-refractivity contribution in [2.24, 2.45) is 0 Å². The quantitative estimate of drug-likeness (QED) is 0.307. The maximum Gasteiger partial charge on any atom is 0.113 e. The lowest BCUT2D eigenvalue weighted by molar-refractivity contribution is 1.53. The molecule has 4 aromatic carbocycles. The van der Waals surface area contributed by atoms with E-state index in [1.165, 1.54) is 0 Å². The lowest BCUT2D eigenvalue weighted by Crippen LogP contribution is -2.57. The molecule has 0 aliphatic carbocycles. The van der Waals surface area contributed by atoms with Gasteiger partial charge in [-0.2, -0.15) is 0 Å². The molecule has 0 nitrogen and oxygen atoms in total. The van der Waals surface area contributed by atoms with Gasteiger partial charge >= 0.3 is 0 Å². The molecule has 0 spiro atoms. The summed E-state index contributed by atoms with van der Waals surface area (Å²) in [6.45, 7) is 2.03. The van der Waals surface area contributed by atoms with Crippen LogP contribution in [0.2, 0.25) is 0 Å². The van der Waals surface area contributed by atoms with Crippen LogP contribution in [-0.4, -0.2) is 70.6 Å². The smallest absolute Gasteiger partial charge is 0.112 e. The Morgan fingerprint density at radius 3 is 1.28 bits per heavy atom. The van der Waals surface area contributed by atoms with E-state index in [2.05, 4.69) is 0 Å². The number of aryl methyl sites for hydroxylation is 1. The molecule has 0 atom stereocenters. The van der Waals surface area contributed by atoms with E-state index >= 15 is 0 Å². The van der Waals surface area contributed by atoms with Gasteiger partial charge < -0.3 is 0 Å². The summed E-state index contributed by atoms with van der Waals surface area (Å²) in [7, 11) is 56.5. The molecule has 0 aliphatic rings. The minimum atomic E-state index is 0.0799. The van der Waals surface area contributed by atoms with E-state index in [-0.39, 0.29) is 60.3 Å². The summed E-state index contributed by atoms with van der Waals surface area (Å²) in [6.07, 6.45) is 0. The Morgan fingerprint density at radius 1 is 0.406 bits per heavy atom. The van der Waals surface area contributed by atoms with Crippen molar-refractivity contribution in [2.75, 3.05) is 0 Å². The molecular formula is C23H9B9. The van der Waals surface area contributed by atoms with Crippen LogP contribution in [0.4, 0.5) is 0 Å². The van der Waals surface area contributed by atoms with E-state index in [4.69, 9.17) is 70.6 Å². The van der Waals surface area contributed by atoms with Crippen molar-refractivity contribution >= 4 is 131 Å². The van der Waals surface area contributed by atoms with Crippen molar-refractivity contribution < 1.29 is 0 Å². The summed E-state index contributed by atoms with van der Waals surface area (Å²) < 4.78 is 0. The van der Waals surface area contributed by atoms with Crippen molar-refractivity contribution in [1.82, 2.24) is 0 Å². The van der Waals surface area contributed by atoms with Crippen molar-refractivity contribution in [3.05, 3.63) is 42.0 Å². The number of hydrogen-bond acceptors (Lipinski definition) is 0. The molecule has 0 heterocycles. The Labute approximate surface area is 201 Å². The zero-order valence-electron chi connectivity index (χ0n) is 17.7. The molecule has 0 unspecified atom stereocenters. The number of fused-ring (bicyclic) bond motifs is 1. The van der Waals surface area contributed by atoms with Crippen molar-refractivity contribution in [1.29, 1.82) is 0 Å². The van der Waals surface area contributed by atoms with Gasteiger partial charge in [-0.1, -0.05) is 69.2 Å². The Bertz CT molecular complexity index is 1370. The van der Waals surface area contributed by atoms with E-state index in [0.717, 1.165) is 21.9 Å². The zero-order valence-corrected chi connectivity index (χ0v) is 17.7. The zero-order chi connectivity index (χ0) is 23.5. The molecule has 0 N–H and O–H groups in total. The predicted octanol–water partition coefficient (Wildman–Crippen LogP) is -4.37. The van der Waals surface area contributed by atoms with E-state index in [0.29, 0.717) is 5.56 Å². The topological polar surface area (TPSA) is 0 Å². The second-order valence-corrected chi connectivity index (χ2v) is 7.82. The monoisotopic (exact) mass is 384 g/mol. The third kappa shape index (κ3) is 3.28. The van der Waals surface area contributed by atoms with Gasteiger partial charge in [-0.05, 0) is 45.5 Å². The first-order chi connectivity index (χ1) is 15.1. The first-order valence-corrected chi connectivity index (χ1v) is 9.84. The van der Waals surface area contributed by atoms with Crippen LogP contribution >= 0.6 is 0 Å². The maximum absolute atomic E-state index is 6.53. The molecule has 0 aromatic heterocycles. The van der Waals surface area contributed by atoms with Crippen molar-refractivity contribution in [3.8, 4) is 22.3 Å². The third-order valence-electron chi connectivity index (χ3n) is 6.02. The van der Waals surface area contributed by atoms with Gasteiger partial charge in [-0.3, -0.25) is 0 Å². The first kappa shape index (κ1) is 22.9. The highest BCUT2D eigenvalue weighted by Gasteiger charge is 2.20. The van der Waals surface area contributed by atoms with Gasteiger partial charge in [-0.15, -0.1) is 16.4 Å². The average Bonchev–Trinajstić information content (AvgIpc) is 2.79. The van der Waals surface area contributed by atoms with Crippen LogP contribution in [0.25, 0.3) is 33.0 Å². The third-order valence-corrected chi connectivity index (χ3v) is 6.02. The SMILES string of the molecule is [B]c1c([B])c([B])c(-c2c([B])c([B])c(-c3ccc(C)c4ccccc34)c([B])c2[B])c([B])c1[B]. The molecule has 18 radical (unpaired) electrons. The van der Waals surface area contributed by atoms with Crippen LogP contribution in [0.3, 0.4) is 0 Å². The highest BCUT2D eigenvalue weighted by atomic mass is 14.2. The Morgan fingerprint density at radius 2 is 0.781 bits per heavy atom. The Kier molecular flexibility index (Phi) is 5.91. The van der Waals surface area contributed by atoms with Crippen LogP contribution in [0.1, 0.15) is 5.56 Å². The van der Waals surface area contributed by atoms with Crippen LogP contribution in [0.15, 0.2) is 36.4 Å². The summed E-state index contributed by atoms with van der Waals surface area (Å²) in [4.78, 5) is 0. The normalized spacial score (nSPS) is 11.2. The summed E-state index contributed by atoms with van der Waals surface area (Å²) in [5.74, 6) is 0. The Hall–Kier alpha value is -2.28. The second-order valence-electron chi connectivity index (χ2n) is 7.82. The first-order valence-electron chi connectivity index (χ1n) is 9.84. The predicted molar refractivity (Wildman–Crippen MR) is 148 cm³/mol. The summed E-state index contributed by atoms with van der Waals surface area (Å²) in [5, 5.41) is 2.04. The maximum atomic E-state index is 6.53. The van der Waals surface area contributed by atoms with Crippen LogP contribution in [-0.2, 0) is 0 Å². The average molecular weight is 383 g/mol. The molecule has 0 saturated heterocycles. The van der Waals surface area contributed by atoms with Crippen LogP contribution < -0.4 is 49.2 Å². The molecule has 128 valence electrons. The lowest BCUT2D eigenvalue weighted by Gasteiger charge is -2.28.